The summed E-state index contributed by atoms with van der Waals surface area (Å²) in [5.41, 5.74) is 5.02. The number of carbonyl (C=O) groups excluding carboxylic acids is 1. The van der Waals surface area contributed by atoms with Crippen molar-refractivity contribution in [2.24, 2.45) is 11.7 Å². The fourth-order valence-corrected chi connectivity index (χ4v) is 2.12. The lowest BCUT2D eigenvalue weighted by atomic mass is 9.95. The molecule has 2 unspecified atom stereocenters. The van der Waals surface area contributed by atoms with Gasteiger partial charge in [0, 0.05) is 20.1 Å². The minimum Gasteiger partial charge on any atom is -0.359 e. The molecule has 1 saturated heterocycles. The van der Waals surface area contributed by atoms with E-state index in [1.165, 1.54) is 0 Å². The van der Waals surface area contributed by atoms with Crippen LogP contribution in [0.25, 0.3) is 0 Å². The summed E-state index contributed by atoms with van der Waals surface area (Å²) in [5, 5.41) is 11.5. The number of hydrogen-bond donors (Lipinski definition) is 2. The van der Waals surface area contributed by atoms with E-state index in [4.69, 9.17) is 11.0 Å². The molecule has 1 rings (SSSR count). The molecule has 0 aromatic heterocycles. The zero-order chi connectivity index (χ0) is 12.9. The zero-order valence-electron chi connectivity index (χ0n) is 10.7. The third-order valence-electron chi connectivity index (χ3n) is 3.33. The Morgan fingerprint density at radius 2 is 2.41 bits per heavy atom. The predicted octanol–water partition coefficient (Wildman–Crippen LogP) is 0.0755. The van der Waals surface area contributed by atoms with Crippen LogP contribution in [0.2, 0.25) is 0 Å². The highest BCUT2D eigenvalue weighted by molar-refractivity contribution is 5.78. The molecule has 0 aliphatic carbocycles. The summed E-state index contributed by atoms with van der Waals surface area (Å²) in [5.74, 6) is 0.199. The first-order valence-electron chi connectivity index (χ1n) is 6.12. The molecule has 1 fully saturated rings. The first kappa shape index (κ1) is 13.9. The van der Waals surface area contributed by atoms with Crippen molar-refractivity contribution in [1.29, 1.82) is 5.26 Å². The summed E-state index contributed by atoms with van der Waals surface area (Å²) in [6.07, 6.45) is 2.63. The van der Waals surface area contributed by atoms with E-state index >= 15 is 0 Å². The SMILES string of the molecule is CNC(=O)C1CCCN(CCC(C)(N)C#N)C1. The van der Waals surface area contributed by atoms with Gasteiger partial charge < -0.3 is 16.0 Å². The van der Waals surface area contributed by atoms with Gasteiger partial charge in [-0.15, -0.1) is 0 Å². The molecule has 17 heavy (non-hydrogen) atoms. The van der Waals surface area contributed by atoms with E-state index in [0.717, 1.165) is 32.5 Å². The highest BCUT2D eigenvalue weighted by Crippen LogP contribution is 2.17. The van der Waals surface area contributed by atoms with E-state index in [-0.39, 0.29) is 11.8 Å². The average molecular weight is 238 g/mol. The van der Waals surface area contributed by atoms with Gasteiger partial charge in [0.25, 0.3) is 0 Å². The van der Waals surface area contributed by atoms with Gasteiger partial charge in [0.15, 0.2) is 0 Å². The number of nitrogens with two attached hydrogens (primary N) is 1. The molecular weight excluding hydrogens is 216 g/mol. The number of nitrogens with one attached hydrogen (secondary N) is 1. The smallest absolute Gasteiger partial charge is 0.224 e. The largest absolute Gasteiger partial charge is 0.359 e. The lowest BCUT2D eigenvalue weighted by molar-refractivity contribution is -0.126. The Labute approximate surface area is 103 Å². The lowest BCUT2D eigenvalue weighted by Gasteiger charge is -2.32. The number of hydrogen-bond acceptors (Lipinski definition) is 4. The topological polar surface area (TPSA) is 82.2 Å². The molecule has 0 radical (unpaired) electrons. The summed E-state index contributed by atoms with van der Waals surface area (Å²) in [6.45, 7) is 4.30. The van der Waals surface area contributed by atoms with E-state index in [2.05, 4.69) is 16.3 Å². The van der Waals surface area contributed by atoms with Crippen LogP contribution in [0, 0.1) is 17.2 Å². The third-order valence-corrected chi connectivity index (χ3v) is 3.33. The monoisotopic (exact) mass is 238 g/mol. The van der Waals surface area contributed by atoms with Gasteiger partial charge in [-0.3, -0.25) is 4.79 Å². The van der Waals surface area contributed by atoms with Crippen molar-refractivity contribution < 1.29 is 4.79 Å². The van der Waals surface area contributed by atoms with Crippen molar-refractivity contribution in [3.05, 3.63) is 0 Å². The van der Waals surface area contributed by atoms with Crippen molar-refractivity contribution in [2.75, 3.05) is 26.7 Å². The number of nitriles is 1. The number of amides is 1. The second-order valence-corrected chi connectivity index (χ2v) is 5.03. The van der Waals surface area contributed by atoms with E-state index in [0.29, 0.717) is 6.42 Å². The molecule has 1 heterocycles. The molecule has 1 amide bonds. The van der Waals surface area contributed by atoms with Gasteiger partial charge in [-0.2, -0.15) is 5.26 Å². The van der Waals surface area contributed by atoms with Gasteiger partial charge in [0.2, 0.25) is 5.91 Å². The second kappa shape index (κ2) is 5.99. The Morgan fingerprint density at radius 3 is 3.00 bits per heavy atom. The van der Waals surface area contributed by atoms with Crippen LogP contribution >= 0.6 is 0 Å². The molecule has 0 aromatic rings. The Kier molecular flexibility index (Phi) is 4.91. The first-order chi connectivity index (χ1) is 7.98. The summed E-state index contributed by atoms with van der Waals surface area (Å²) < 4.78 is 0. The maximum atomic E-state index is 11.6. The van der Waals surface area contributed by atoms with Crippen LogP contribution < -0.4 is 11.1 Å². The van der Waals surface area contributed by atoms with Gasteiger partial charge in [-0.1, -0.05) is 0 Å². The number of nitrogens with zero attached hydrogens (tertiary/aromatic N) is 2. The fourth-order valence-electron chi connectivity index (χ4n) is 2.12. The highest BCUT2D eigenvalue weighted by Gasteiger charge is 2.26. The van der Waals surface area contributed by atoms with Crippen LogP contribution in [0.1, 0.15) is 26.2 Å². The Bertz CT molecular complexity index is 308. The van der Waals surface area contributed by atoms with Crippen LogP contribution in [-0.4, -0.2) is 43.0 Å². The van der Waals surface area contributed by atoms with E-state index in [1.54, 1.807) is 14.0 Å². The quantitative estimate of drug-likeness (QED) is 0.726. The normalized spacial score (nSPS) is 24.7. The van der Waals surface area contributed by atoms with Crippen molar-refractivity contribution in [3.63, 3.8) is 0 Å². The third kappa shape index (κ3) is 4.33. The summed E-state index contributed by atoms with van der Waals surface area (Å²) in [6, 6.07) is 2.10. The first-order valence-corrected chi connectivity index (χ1v) is 6.12. The van der Waals surface area contributed by atoms with Crippen LogP contribution in [0.15, 0.2) is 0 Å². The van der Waals surface area contributed by atoms with E-state index in [1.807, 2.05) is 0 Å². The lowest BCUT2D eigenvalue weighted by Crippen LogP contribution is -2.45. The Hall–Kier alpha value is -1.12. The molecule has 0 aromatic carbocycles. The van der Waals surface area contributed by atoms with Crippen LogP contribution in [0.4, 0.5) is 0 Å². The highest BCUT2D eigenvalue weighted by atomic mass is 16.1. The number of likely N-dealkylation sites (tertiary alicyclic amines) is 1. The van der Waals surface area contributed by atoms with Gasteiger partial charge in [-0.05, 0) is 32.7 Å². The minimum atomic E-state index is -0.764. The molecule has 3 N–H and O–H groups in total. The maximum absolute atomic E-state index is 11.6. The molecule has 0 spiro atoms. The van der Waals surface area contributed by atoms with Crippen LogP contribution in [-0.2, 0) is 4.79 Å². The molecule has 0 bridgehead atoms. The Morgan fingerprint density at radius 1 is 1.71 bits per heavy atom. The average Bonchev–Trinajstić information content (AvgIpc) is 2.36. The molecule has 0 saturated carbocycles. The molecule has 5 heteroatoms. The number of piperidine rings is 1. The van der Waals surface area contributed by atoms with E-state index in [9.17, 15) is 4.79 Å². The predicted molar refractivity (Wildman–Crippen MR) is 66.1 cm³/mol. The summed E-state index contributed by atoms with van der Waals surface area (Å²) in [7, 11) is 1.67. The van der Waals surface area contributed by atoms with Crippen molar-refractivity contribution in [2.45, 2.75) is 31.7 Å². The summed E-state index contributed by atoms with van der Waals surface area (Å²) in [4.78, 5) is 13.8. The molecule has 1 aliphatic heterocycles. The molecule has 1 aliphatic rings. The molecular formula is C12H22N4O. The molecule has 2 atom stereocenters. The fraction of sp³-hybridized carbons (Fsp3) is 0.833. The van der Waals surface area contributed by atoms with Gasteiger partial charge >= 0.3 is 0 Å². The van der Waals surface area contributed by atoms with Gasteiger partial charge in [0.1, 0.15) is 5.54 Å². The molecule has 5 nitrogen and oxygen atoms in total. The minimum absolute atomic E-state index is 0.0832. The van der Waals surface area contributed by atoms with Crippen molar-refractivity contribution in [1.82, 2.24) is 10.2 Å². The van der Waals surface area contributed by atoms with Gasteiger partial charge in [0.05, 0.1) is 12.0 Å². The second-order valence-electron chi connectivity index (χ2n) is 5.03. The Balaban J connectivity index is 2.40. The zero-order valence-corrected chi connectivity index (χ0v) is 10.7. The molecule has 96 valence electrons. The van der Waals surface area contributed by atoms with Gasteiger partial charge in [-0.25, -0.2) is 0 Å². The number of rotatable bonds is 4. The maximum Gasteiger partial charge on any atom is 0.224 e. The standard InChI is InChI=1S/C12H22N4O/c1-12(14,9-13)5-7-16-6-3-4-10(8-16)11(17)15-2/h10H,3-8,14H2,1-2H3,(H,15,17). The van der Waals surface area contributed by atoms with Crippen molar-refractivity contribution >= 4 is 5.91 Å². The van der Waals surface area contributed by atoms with E-state index < -0.39 is 5.54 Å². The van der Waals surface area contributed by atoms with Crippen molar-refractivity contribution in [3.8, 4) is 6.07 Å². The number of carbonyl (C=O) groups is 1. The summed E-state index contributed by atoms with van der Waals surface area (Å²) >= 11 is 0. The van der Waals surface area contributed by atoms with Crippen LogP contribution in [0.5, 0.6) is 0 Å². The van der Waals surface area contributed by atoms with Crippen LogP contribution in [0.3, 0.4) is 0 Å².